The third-order valence-electron chi connectivity index (χ3n) is 2.11. The van der Waals surface area contributed by atoms with Gasteiger partial charge in [0.25, 0.3) is 0 Å². The quantitative estimate of drug-likeness (QED) is 0.614. The fraction of sp³-hybridized carbons (Fsp3) is 0. The summed E-state index contributed by atoms with van der Waals surface area (Å²) in [5.74, 6) is 0. The zero-order valence-electron chi connectivity index (χ0n) is 7.07. The predicted molar refractivity (Wildman–Crippen MR) is 57.0 cm³/mol. The van der Waals surface area contributed by atoms with Crippen LogP contribution in [0.4, 0.5) is 0 Å². The maximum Gasteiger partial charge on any atom is 0.172 e. The van der Waals surface area contributed by atoms with Gasteiger partial charge in [0.15, 0.2) is 11.2 Å². The van der Waals surface area contributed by atoms with E-state index in [2.05, 4.69) is 25.9 Å². The van der Waals surface area contributed by atoms with Crippen LogP contribution in [0.15, 0.2) is 39.6 Å². The van der Waals surface area contributed by atoms with Crippen LogP contribution in [0.1, 0.15) is 0 Å². The van der Waals surface area contributed by atoms with E-state index in [1.54, 1.807) is 6.20 Å². The van der Waals surface area contributed by atoms with Crippen LogP contribution in [-0.2, 0) is 0 Å². The van der Waals surface area contributed by atoms with Crippen molar-refractivity contribution in [1.29, 1.82) is 0 Å². The number of hydrogen-bond acceptors (Lipinski definition) is 3. The van der Waals surface area contributed by atoms with Gasteiger partial charge in [0.2, 0.25) is 0 Å². The number of para-hydroxylation sites is 1. The number of benzene rings is 1. The van der Waals surface area contributed by atoms with E-state index in [4.69, 9.17) is 4.42 Å². The van der Waals surface area contributed by atoms with E-state index in [0.29, 0.717) is 0 Å². The molecule has 0 unspecified atom stereocenters. The molecule has 0 aliphatic heterocycles. The minimum atomic E-state index is 0.717. The molecule has 0 fully saturated rings. The van der Waals surface area contributed by atoms with Crippen LogP contribution in [0.3, 0.4) is 0 Å². The Hall–Kier alpha value is -1.42. The lowest BCUT2D eigenvalue weighted by atomic mass is 10.2. The zero-order chi connectivity index (χ0) is 9.54. The van der Waals surface area contributed by atoms with E-state index < -0.39 is 0 Å². The van der Waals surface area contributed by atoms with Gasteiger partial charge in [0.1, 0.15) is 11.8 Å². The summed E-state index contributed by atoms with van der Waals surface area (Å²) in [4.78, 5) is 8.10. The SMILES string of the molecule is Brc1cccc2c1oc1cncnc12. The topological polar surface area (TPSA) is 38.9 Å². The molecule has 0 spiro atoms. The Bertz CT molecular complexity index is 618. The van der Waals surface area contributed by atoms with Gasteiger partial charge in [0, 0.05) is 5.39 Å². The number of hydrogen-bond donors (Lipinski definition) is 0. The van der Waals surface area contributed by atoms with E-state index in [-0.39, 0.29) is 0 Å². The van der Waals surface area contributed by atoms with E-state index in [1.165, 1.54) is 6.33 Å². The molecule has 3 aromatic rings. The van der Waals surface area contributed by atoms with E-state index in [1.807, 2.05) is 18.2 Å². The molecule has 68 valence electrons. The van der Waals surface area contributed by atoms with Gasteiger partial charge in [-0.2, -0.15) is 0 Å². The Morgan fingerprint density at radius 3 is 3.14 bits per heavy atom. The van der Waals surface area contributed by atoms with Crippen LogP contribution in [-0.4, -0.2) is 9.97 Å². The predicted octanol–water partition coefficient (Wildman–Crippen LogP) is 3.14. The summed E-state index contributed by atoms with van der Waals surface area (Å²) >= 11 is 3.43. The first-order valence-corrected chi connectivity index (χ1v) is 4.92. The summed E-state index contributed by atoms with van der Waals surface area (Å²) in [6, 6.07) is 5.89. The lowest BCUT2D eigenvalue weighted by Crippen LogP contribution is -1.74. The summed E-state index contributed by atoms with van der Waals surface area (Å²) in [6.07, 6.45) is 3.20. The minimum absolute atomic E-state index is 0.717. The summed E-state index contributed by atoms with van der Waals surface area (Å²) in [5.41, 5.74) is 2.40. The molecule has 2 aromatic heterocycles. The maximum atomic E-state index is 5.61. The van der Waals surface area contributed by atoms with Crippen LogP contribution >= 0.6 is 15.9 Å². The highest BCUT2D eigenvalue weighted by Crippen LogP contribution is 2.31. The number of fused-ring (bicyclic) bond motifs is 3. The van der Waals surface area contributed by atoms with Crippen molar-refractivity contribution in [2.24, 2.45) is 0 Å². The summed E-state index contributed by atoms with van der Waals surface area (Å²) in [7, 11) is 0. The first-order chi connectivity index (χ1) is 6.86. The first-order valence-electron chi connectivity index (χ1n) is 4.13. The van der Waals surface area contributed by atoms with E-state index in [0.717, 1.165) is 26.5 Å². The highest BCUT2D eigenvalue weighted by atomic mass is 79.9. The van der Waals surface area contributed by atoms with Gasteiger partial charge in [-0.05, 0) is 28.1 Å². The second-order valence-electron chi connectivity index (χ2n) is 2.95. The molecule has 0 N–H and O–H groups in total. The largest absolute Gasteiger partial charge is 0.452 e. The Balaban J connectivity index is 2.63. The zero-order valence-corrected chi connectivity index (χ0v) is 8.65. The summed E-state index contributed by atoms with van der Waals surface area (Å²) in [6.45, 7) is 0. The van der Waals surface area contributed by atoms with Gasteiger partial charge >= 0.3 is 0 Å². The molecule has 0 atom stereocenters. The molecular formula is C10H5BrN2O. The third kappa shape index (κ3) is 0.974. The summed E-state index contributed by atoms with van der Waals surface area (Å²) < 4.78 is 6.55. The van der Waals surface area contributed by atoms with Crippen molar-refractivity contribution in [3.63, 3.8) is 0 Å². The Morgan fingerprint density at radius 2 is 2.21 bits per heavy atom. The second kappa shape index (κ2) is 2.78. The third-order valence-corrected chi connectivity index (χ3v) is 2.74. The molecule has 3 rings (SSSR count). The molecule has 0 saturated carbocycles. The van der Waals surface area contributed by atoms with Crippen molar-refractivity contribution in [1.82, 2.24) is 9.97 Å². The van der Waals surface area contributed by atoms with Crippen LogP contribution < -0.4 is 0 Å². The molecule has 3 nitrogen and oxygen atoms in total. The molecule has 0 radical (unpaired) electrons. The molecule has 0 amide bonds. The number of aromatic nitrogens is 2. The van der Waals surface area contributed by atoms with Crippen molar-refractivity contribution < 1.29 is 4.42 Å². The Labute approximate surface area is 87.9 Å². The molecule has 0 saturated heterocycles. The van der Waals surface area contributed by atoms with Gasteiger partial charge in [-0.3, -0.25) is 0 Å². The molecular weight excluding hydrogens is 244 g/mol. The van der Waals surface area contributed by atoms with Gasteiger partial charge in [-0.15, -0.1) is 0 Å². The highest BCUT2D eigenvalue weighted by molar-refractivity contribution is 9.10. The fourth-order valence-corrected chi connectivity index (χ4v) is 1.95. The second-order valence-corrected chi connectivity index (χ2v) is 3.81. The number of furan rings is 1. The lowest BCUT2D eigenvalue weighted by Gasteiger charge is -1.89. The molecule has 2 heterocycles. The van der Waals surface area contributed by atoms with Crippen LogP contribution in [0.2, 0.25) is 0 Å². The van der Waals surface area contributed by atoms with Crippen molar-refractivity contribution in [2.75, 3.05) is 0 Å². The number of rotatable bonds is 0. The normalized spacial score (nSPS) is 11.2. The van der Waals surface area contributed by atoms with Gasteiger partial charge in [0.05, 0.1) is 10.7 Å². The van der Waals surface area contributed by atoms with E-state index in [9.17, 15) is 0 Å². The molecule has 14 heavy (non-hydrogen) atoms. The monoisotopic (exact) mass is 248 g/mol. The van der Waals surface area contributed by atoms with Crippen molar-refractivity contribution in [3.05, 3.63) is 35.2 Å². The molecule has 0 aliphatic carbocycles. The van der Waals surface area contributed by atoms with Crippen LogP contribution in [0.5, 0.6) is 0 Å². The van der Waals surface area contributed by atoms with Crippen molar-refractivity contribution >= 4 is 38.0 Å². The van der Waals surface area contributed by atoms with Gasteiger partial charge in [-0.25, -0.2) is 9.97 Å². The standard InChI is InChI=1S/C10H5BrN2O/c11-7-3-1-2-6-9-8(14-10(6)7)4-12-5-13-9/h1-5H. The van der Waals surface area contributed by atoms with E-state index >= 15 is 0 Å². The molecule has 1 aromatic carbocycles. The highest BCUT2D eigenvalue weighted by Gasteiger charge is 2.09. The first kappa shape index (κ1) is 7.94. The maximum absolute atomic E-state index is 5.61. The van der Waals surface area contributed by atoms with Crippen molar-refractivity contribution in [3.8, 4) is 0 Å². The van der Waals surface area contributed by atoms with Gasteiger partial charge < -0.3 is 4.42 Å². The Kier molecular flexibility index (Phi) is 1.58. The van der Waals surface area contributed by atoms with Crippen LogP contribution in [0.25, 0.3) is 22.1 Å². The minimum Gasteiger partial charge on any atom is -0.452 e. The smallest absolute Gasteiger partial charge is 0.172 e. The van der Waals surface area contributed by atoms with Crippen molar-refractivity contribution in [2.45, 2.75) is 0 Å². The van der Waals surface area contributed by atoms with Gasteiger partial charge in [-0.1, -0.05) is 6.07 Å². The molecule has 0 bridgehead atoms. The Morgan fingerprint density at radius 1 is 1.29 bits per heavy atom. The average Bonchev–Trinajstić information content (AvgIpc) is 2.59. The average molecular weight is 249 g/mol. The molecule has 0 aliphatic rings. The fourth-order valence-electron chi connectivity index (χ4n) is 1.50. The summed E-state index contributed by atoms with van der Waals surface area (Å²) in [5, 5.41) is 1.01. The number of halogens is 1. The lowest BCUT2D eigenvalue weighted by molar-refractivity contribution is 0.663. The molecule has 4 heteroatoms. The van der Waals surface area contributed by atoms with Crippen LogP contribution in [0, 0.1) is 0 Å². The number of nitrogens with zero attached hydrogens (tertiary/aromatic N) is 2.